The molecule has 25 heavy (non-hydrogen) atoms. The van der Waals surface area contributed by atoms with Gasteiger partial charge in [-0.05, 0) is 37.5 Å². The maximum Gasteiger partial charge on any atom is 0.221 e. The first-order chi connectivity index (χ1) is 11.3. The van der Waals surface area contributed by atoms with Gasteiger partial charge in [-0.1, -0.05) is 12.8 Å². The highest BCUT2D eigenvalue weighted by Gasteiger charge is 2.44. The van der Waals surface area contributed by atoms with E-state index in [0.717, 1.165) is 19.0 Å². The highest BCUT2D eigenvalue weighted by molar-refractivity contribution is 7.88. The number of hydrogen-bond acceptors (Lipinski definition) is 4. The summed E-state index contributed by atoms with van der Waals surface area (Å²) in [4.78, 5) is 14.9. The Bertz CT molecular complexity index is 561. The van der Waals surface area contributed by atoms with Gasteiger partial charge in [-0.3, -0.25) is 9.69 Å². The smallest absolute Gasteiger partial charge is 0.221 e. The Balaban J connectivity index is 0.00000225. The number of amides is 1. The molecule has 146 valence electrons. The van der Waals surface area contributed by atoms with Gasteiger partial charge in [0, 0.05) is 45.2 Å². The predicted molar refractivity (Wildman–Crippen MR) is 101 cm³/mol. The summed E-state index contributed by atoms with van der Waals surface area (Å²) in [6.07, 6.45) is 9.28. The van der Waals surface area contributed by atoms with E-state index < -0.39 is 10.0 Å². The van der Waals surface area contributed by atoms with Gasteiger partial charge in [0.15, 0.2) is 0 Å². The van der Waals surface area contributed by atoms with Gasteiger partial charge in [-0.15, -0.1) is 12.4 Å². The lowest BCUT2D eigenvalue weighted by molar-refractivity contribution is -0.122. The molecule has 6 nitrogen and oxygen atoms in total. The third-order valence-corrected chi connectivity index (χ3v) is 7.34. The highest BCUT2D eigenvalue weighted by Crippen LogP contribution is 2.42. The molecule has 8 heteroatoms. The molecule has 0 unspecified atom stereocenters. The van der Waals surface area contributed by atoms with Crippen LogP contribution in [0.4, 0.5) is 0 Å². The van der Waals surface area contributed by atoms with Gasteiger partial charge in [0.1, 0.15) is 0 Å². The largest absolute Gasteiger partial charge is 0.352 e. The van der Waals surface area contributed by atoms with E-state index in [9.17, 15) is 13.2 Å². The van der Waals surface area contributed by atoms with E-state index in [4.69, 9.17) is 0 Å². The van der Waals surface area contributed by atoms with Gasteiger partial charge >= 0.3 is 0 Å². The minimum absolute atomic E-state index is 0. The fraction of sp³-hybridized carbons (Fsp3) is 0.941. The van der Waals surface area contributed by atoms with Crippen molar-refractivity contribution in [3.05, 3.63) is 0 Å². The first-order valence-electron chi connectivity index (χ1n) is 9.29. The SMILES string of the molecule is CN(CCC(=O)N[C@H]1CN(C2CCCC2)C[C@@H]1C1CC1)S(C)(=O)=O.Cl. The van der Waals surface area contributed by atoms with Gasteiger partial charge in [0.25, 0.3) is 0 Å². The summed E-state index contributed by atoms with van der Waals surface area (Å²) in [5, 5.41) is 3.21. The van der Waals surface area contributed by atoms with Gasteiger partial charge in [-0.25, -0.2) is 12.7 Å². The molecule has 1 amide bonds. The fourth-order valence-corrected chi connectivity index (χ4v) is 4.71. The molecule has 0 aromatic heterocycles. The van der Waals surface area contributed by atoms with Crippen LogP contribution in [0.25, 0.3) is 0 Å². The molecule has 3 aliphatic rings. The molecule has 2 atom stereocenters. The molecule has 1 N–H and O–H groups in total. The zero-order valence-corrected chi connectivity index (χ0v) is 16.9. The second-order valence-electron chi connectivity index (χ2n) is 7.90. The van der Waals surface area contributed by atoms with E-state index >= 15 is 0 Å². The van der Waals surface area contributed by atoms with E-state index in [1.165, 1.54) is 56.1 Å². The molecule has 0 bridgehead atoms. The number of carbonyl (C=O) groups is 1. The van der Waals surface area contributed by atoms with Crippen LogP contribution < -0.4 is 5.32 Å². The zero-order valence-electron chi connectivity index (χ0n) is 15.3. The van der Waals surface area contributed by atoms with Crippen LogP contribution >= 0.6 is 12.4 Å². The number of likely N-dealkylation sites (tertiary alicyclic amines) is 1. The molecule has 0 spiro atoms. The molecule has 2 saturated carbocycles. The van der Waals surface area contributed by atoms with Crippen LogP contribution in [0.2, 0.25) is 0 Å². The molecule has 3 fully saturated rings. The van der Waals surface area contributed by atoms with Crippen LogP contribution in [-0.2, 0) is 14.8 Å². The van der Waals surface area contributed by atoms with Crippen molar-refractivity contribution >= 4 is 28.3 Å². The maximum absolute atomic E-state index is 12.3. The Labute approximate surface area is 158 Å². The number of sulfonamides is 1. The molecule has 2 aliphatic carbocycles. The minimum Gasteiger partial charge on any atom is -0.352 e. The average Bonchev–Trinajstić information content (AvgIpc) is 3.05. The summed E-state index contributed by atoms with van der Waals surface area (Å²) in [7, 11) is -1.69. The Morgan fingerprint density at radius 1 is 1.16 bits per heavy atom. The average molecular weight is 394 g/mol. The second-order valence-corrected chi connectivity index (χ2v) is 9.99. The van der Waals surface area contributed by atoms with Gasteiger partial charge in [0.05, 0.1) is 6.26 Å². The summed E-state index contributed by atoms with van der Waals surface area (Å²) >= 11 is 0. The normalized spacial score (nSPS) is 28.3. The standard InChI is InChI=1S/C17H31N3O3S.ClH/c1-19(24(2,22)23)10-9-17(21)18-16-12-20(14-5-3-4-6-14)11-15(16)13-7-8-13;/h13-16H,3-12H2,1-2H3,(H,18,21);1H/t15-,16+;/m1./s1. The number of carbonyl (C=O) groups excluding carboxylic acids is 1. The maximum atomic E-state index is 12.3. The van der Waals surface area contributed by atoms with Gasteiger partial charge in [0.2, 0.25) is 15.9 Å². The molecular formula is C17H32ClN3O3S. The quantitative estimate of drug-likeness (QED) is 0.710. The van der Waals surface area contributed by atoms with Crippen molar-refractivity contribution in [1.82, 2.24) is 14.5 Å². The Hall–Kier alpha value is -0.370. The summed E-state index contributed by atoms with van der Waals surface area (Å²) < 4.78 is 24.1. The van der Waals surface area contributed by atoms with E-state index in [1.54, 1.807) is 0 Å². The topological polar surface area (TPSA) is 69.7 Å². The van der Waals surface area contributed by atoms with Crippen molar-refractivity contribution in [2.45, 2.75) is 57.0 Å². The Morgan fingerprint density at radius 2 is 1.80 bits per heavy atom. The number of nitrogens with zero attached hydrogens (tertiary/aromatic N) is 2. The van der Waals surface area contributed by atoms with Crippen molar-refractivity contribution in [2.24, 2.45) is 11.8 Å². The summed E-state index contributed by atoms with van der Waals surface area (Å²) in [5.41, 5.74) is 0. The molecule has 1 heterocycles. The lowest BCUT2D eigenvalue weighted by Crippen LogP contribution is -2.43. The number of nitrogens with one attached hydrogen (secondary N) is 1. The molecule has 0 aromatic carbocycles. The molecule has 0 radical (unpaired) electrons. The van der Waals surface area contributed by atoms with Crippen molar-refractivity contribution in [3.63, 3.8) is 0 Å². The summed E-state index contributed by atoms with van der Waals surface area (Å²) in [6, 6.07) is 0.957. The predicted octanol–water partition coefficient (Wildman–Crippen LogP) is 1.46. The molecular weight excluding hydrogens is 362 g/mol. The first kappa shape index (κ1) is 20.9. The monoisotopic (exact) mass is 393 g/mol. The van der Waals surface area contributed by atoms with Crippen molar-refractivity contribution in [2.75, 3.05) is 32.9 Å². The first-order valence-corrected chi connectivity index (χ1v) is 11.1. The van der Waals surface area contributed by atoms with Gasteiger partial charge in [-0.2, -0.15) is 0 Å². The summed E-state index contributed by atoms with van der Waals surface area (Å²) in [6.45, 7) is 2.35. The van der Waals surface area contributed by atoms with Crippen LogP contribution in [0, 0.1) is 11.8 Å². The summed E-state index contributed by atoms with van der Waals surface area (Å²) in [5.74, 6) is 1.34. The van der Waals surface area contributed by atoms with E-state index in [0.29, 0.717) is 12.0 Å². The third-order valence-electron chi connectivity index (χ3n) is 6.03. The molecule has 1 saturated heterocycles. The van der Waals surface area contributed by atoms with Crippen molar-refractivity contribution in [1.29, 1.82) is 0 Å². The van der Waals surface area contributed by atoms with Crippen molar-refractivity contribution < 1.29 is 13.2 Å². The van der Waals surface area contributed by atoms with Gasteiger partial charge < -0.3 is 5.32 Å². The lowest BCUT2D eigenvalue weighted by Gasteiger charge is -2.23. The number of hydrogen-bond donors (Lipinski definition) is 1. The zero-order chi connectivity index (χ0) is 17.3. The van der Waals surface area contributed by atoms with Crippen molar-refractivity contribution in [3.8, 4) is 0 Å². The Morgan fingerprint density at radius 3 is 2.36 bits per heavy atom. The molecule has 3 rings (SSSR count). The van der Waals surface area contributed by atoms with E-state index in [2.05, 4.69) is 10.2 Å². The highest BCUT2D eigenvalue weighted by atomic mass is 35.5. The third kappa shape index (κ3) is 5.55. The van der Waals surface area contributed by atoms with E-state index in [1.807, 2.05) is 0 Å². The van der Waals surface area contributed by atoms with E-state index in [-0.39, 0.29) is 37.3 Å². The number of rotatable bonds is 7. The number of halogens is 1. The van der Waals surface area contributed by atoms with Crippen LogP contribution in [0.5, 0.6) is 0 Å². The van der Waals surface area contributed by atoms with Crippen LogP contribution in [-0.4, -0.2) is 68.6 Å². The van der Waals surface area contributed by atoms with Crippen LogP contribution in [0.1, 0.15) is 44.9 Å². The fourth-order valence-electron chi connectivity index (χ4n) is 4.29. The minimum atomic E-state index is -3.21. The second kappa shape index (κ2) is 8.55. The van der Waals surface area contributed by atoms with Crippen LogP contribution in [0.3, 0.4) is 0 Å². The molecule has 1 aliphatic heterocycles. The lowest BCUT2D eigenvalue weighted by atomic mass is 9.98. The Kier molecular flexibility index (Phi) is 7.16. The molecule has 0 aromatic rings. The van der Waals surface area contributed by atoms with Crippen LogP contribution in [0.15, 0.2) is 0 Å².